The van der Waals surface area contributed by atoms with Crippen LogP contribution in [-0.4, -0.2) is 41.8 Å². The quantitative estimate of drug-likeness (QED) is 0.333. The van der Waals surface area contributed by atoms with Crippen molar-refractivity contribution in [1.29, 1.82) is 0 Å². The maximum atomic E-state index is 10.5. The Kier molecular flexibility index (Phi) is 8.36. The number of hydrogen-bond acceptors (Lipinski definition) is 4. The molecule has 14 heavy (non-hydrogen) atoms. The molecule has 1 atom stereocenters. The third-order valence-electron chi connectivity index (χ3n) is 1.49. The fourth-order valence-corrected chi connectivity index (χ4v) is 1.57. The van der Waals surface area contributed by atoms with Crippen LogP contribution < -0.4 is 5.32 Å². The molecule has 1 amide bonds. The van der Waals surface area contributed by atoms with Crippen LogP contribution in [0.3, 0.4) is 0 Å². The van der Waals surface area contributed by atoms with E-state index in [0.29, 0.717) is 31.1 Å². The summed E-state index contributed by atoms with van der Waals surface area (Å²) in [5.41, 5.74) is 0. The summed E-state index contributed by atoms with van der Waals surface area (Å²) < 4.78 is 5.06. The van der Waals surface area contributed by atoms with Crippen molar-refractivity contribution in [3.8, 4) is 0 Å². The highest BCUT2D eigenvalue weighted by Crippen LogP contribution is 2.05. The molecule has 0 fully saturated rings. The molecule has 5 nitrogen and oxygen atoms in total. The van der Waals surface area contributed by atoms with Crippen LogP contribution in [0.4, 0.5) is 0 Å². The second-order valence-corrected chi connectivity index (χ2v) is 3.54. The lowest BCUT2D eigenvalue weighted by Gasteiger charge is -2.10. The van der Waals surface area contributed by atoms with E-state index < -0.39 is 12.0 Å². The zero-order valence-electron chi connectivity index (χ0n) is 8.06. The molecule has 2 N–H and O–H groups in total. The lowest BCUT2D eigenvalue weighted by Crippen LogP contribution is -2.36. The van der Waals surface area contributed by atoms with Crippen LogP contribution in [0.25, 0.3) is 0 Å². The van der Waals surface area contributed by atoms with Gasteiger partial charge in [0.25, 0.3) is 0 Å². The summed E-state index contributed by atoms with van der Waals surface area (Å²) in [5.74, 6) is 0.205. The van der Waals surface area contributed by atoms with Gasteiger partial charge in [-0.3, -0.25) is 4.79 Å². The van der Waals surface area contributed by atoms with Crippen molar-refractivity contribution in [3.05, 3.63) is 0 Å². The monoisotopic (exact) mass is 221 g/mol. The number of amides is 1. The van der Waals surface area contributed by atoms with Crippen molar-refractivity contribution in [2.24, 2.45) is 0 Å². The van der Waals surface area contributed by atoms with Gasteiger partial charge in [0, 0.05) is 6.61 Å². The van der Waals surface area contributed by atoms with Gasteiger partial charge in [0.1, 0.15) is 6.04 Å². The maximum Gasteiger partial charge on any atom is 0.326 e. The molecule has 0 aromatic heterocycles. The molecule has 0 spiro atoms. The average molecular weight is 221 g/mol. The molecule has 0 radical (unpaired) electrons. The molecule has 0 rings (SSSR count). The number of carboxylic acids is 1. The van der Waals surface area contributed by atoms with Crippen LogP contribution in [0.5, 0.6) is 0 Å². The van der Waals surface area contributed by atoms with Crippen LogP contribution in [0.15, 0.2) is 0 Å². The minimum absolute atomic E-state index is 0.409. The second-order valence-electron chi connectivity index (χ2n) is 2.48. The van der Waals surface area contributed by atoms with Crippen molar-refractivity contribution in [3.63, 3.8) is 0 Å². The van der Waals surface area contributed by atoms with E-state index in [1.807, 2.05) is 6.92 Å². The number of ether oxygens (including phenoxy) is 1. The van der Waals surface area contributed by atoms with E-state index in [9.17, 15) is 9.59 Å². The molecule has 6 heteroatoms. The Hall–Kier alpha value is -0.750. The lowest BCUT2D eigenvalue weighted by atomic mass is 10.2. The molecule has 0 saturated carbocycles. The Balaban J connectivity index is 3.50. The molecule has 0 aliphatic heterocycles. The summed E-state index contributed by atoms with van der Waals surface area (Å²) in [5, 5.41) is 10.9. The van der Waals surface area contributed by atoms with Gasteiger partial charge in [-0.05, 0) is 19.1 Å². The zero-order valence-corrected chi connectivity index (χ0v) is 8.88. The molecular formula is C8H15NO4S. The van der Waals surface area contributed by atoms with Crippen LogP contribution in [-0.2, 0) is 14.3 Å². The summed E-state index contributed by atoms with van der Waals surface area (Å²) in [4.78, 5) is 20.6. The molecule has 0 aliphatic rings. The van der Waals surface area contributed by atoms with E-state index in [0.717, 1.165) is 0 Å². The highest BCUT2D eigenvalue weighted by atomic mass is 32.2. The Morgan fingerprint density at radius 2 is 2.43 bits per heavy atom. The van der Waals surface area contributed by atoms with Gasteiger partial charge in [-0.15, -0.1) is 11.8 Å². The van der Waals surface area contributed by atoms with Gasteiger partial charge in [0.2, 0.25) is 6.41 Å². The Bertz CT molecular complexity index is 177. The first-order chi connectivity index (χ1) is 6.72. The van der Waals surface area contributed by atoms with Gasteiger partial charge in [0.05, 0.1) is 5.94 Å². The first-order valence-electron chi connectivity index (χ1n) is 4.30. The number of carbonyl (C=O) groups excluding carboxylic acids is 1. The smallest absolute Gasteiger partial charge is 0.326 e. The third kappa shape index (κ3) is 6.73. The van der Waals surface area contributed by atoms with Crippen molar-refractivity contribution in [2.75, 3.05) is 18.3 Å². The third-order valence-corrected chi connectivity index (χ3v) is 2.35. The number of carbonyl (C=O) groups is 2. The van der Waals surface area contributed by atoms with E-state index in [1.165, 1.54) is 11.8 Å². The Labute approximate surface area is 87.2 Å². The van der Waals surface area contributed by atoms with E-state index >= 15 is 0 Å². The van der Waals surface area contributed by atoms with E-state index in [4.69, 9.17) is 9.84 Å². The van der Waals surface area contributed by atoms with E-state index in [1.54, 1.807) is 0 Å². The summed E-state index contributed by atoms with van der Waals surface area (Å²) in [6, 6.07) is -0.790. The Morgan fingerprint density at radius 1 is 1.71 bits per heavy atom. The molecule has 0 aromatic carbocycles. The predicted molar refractivity (Wildman–Crippen MR) is 54.2 cm³/mol. The van der Waals surface area contributed by atoms with Crippen molar-refractivity contribution >= 4 is 24.1 Å². The minimum atomic E-state index is -1.01. The summed E-state index contributed by atoms with van der Waals surface area (Å²) >= 11 is 1.51. The molecule has 0 aliphatic carbocycles. The molecule has 1 unspecified atom stereocenters. The van der Waals surface area contributed by atoms with Gasteiger partial charge in [-0.25, -0.2) is 4.79 Å². The fourth-order valence-electron chi connectivity index (χ4n) is 0.763. The minimum Gasteiger partial charge on any atom is -0.480 e. The van der Waals surface area contributed by atoms with Crippen LogP contribution in [0.1, 0.15) is 13.3 Å². The highest BCUT2D eigenvalue weighted by Gasteiger charge is 2.14. The summed E-state index contributed by atoms with van der Waals surface area (Å²) in [7, 11) is 0. The number of nitrogens with one attached hydrogen (secondary N) is 1. The number of thioether (sulfide) groups is 1. The van der Waals surface area contributed by atoms with Crippen molar-refractivity contribution in [2.45, 2.75) is 19.4 Å². The van der Waals surface area contributed by atoms with E-state index in [-0.39, 0.29) is 0 Å². The topological polar surface area (TPSA) is 75.6 Å². The van der Waals surface area contributed by atoms with Crippen LogP contribution >= 0.6 is 11.8 Å². The fraction of sp³-hybridized carbons (Fsp3) is 0.750. The first-order valence-corrected chi connectivity index (χ1v) is 5.45. The van der Waals surface area contributed by atoms with Crippen molar-refractivity contribution < 1.29 is 19.4 Å². The van der Waals surface area contributed by atoms with Crippen LogP contribution in [0, 0.1) is 0 Å². The van der Waals surface area contributed by atoms with Gasteiger partial charge < -0.3 is 15.2 Å². The average Bonchev–Trinajstić information content (AvgIpc) is 2.15. The van der Waals surface area contributed by atoms with Gasteiger partial charge in [-0.1, -0.05) is 0 Å². The van der Waals surface area contributed by atoms with E-state index in [2.05, 4.69) is 5.32 Å². The Morgan fingerprint density at radius 3 is 2.93 bits per heavy atom. The normalized spacial score (nSPS) is 12.1. The number of aliphatic carboxylic acids is 1. The van der Waals surface area contributed by atoms with Gasteiger partial charge in [-0.2, -0.15) is 0 Å². The second kappa shape index (κ2) is 8.83. The van der Waals surface area contributed by atoms with Crippen LogP contribution in [0.2, 0.25) is 0 Å². The predicted octanol–water partition coefficient (Wildman–Crippen LogP) is 0.303. The number of rotatable bonds is 9. The maximum absolute atomic E-state index is 10.5. The molecule has 0 aromatic rings. The standard InChI is InChI=1S/C8H15NO4S/c1-2-13-6-14-4-3-7(8(11)12)9-5-10/h5,7H,2-4,6H2,1H3,(H,9,10)(H,11,12). The van der Waals surface area contributed by atoms with Crippen molar-refractivity contribution in [1.82, 2.24) is 5.32 Å². The summed E-state index contributed by atoms with van der Waals surface area (Å²) in [6.07, 6.45) is 0.817. The molecule has 0 heterocycles. The number of hydrogen-bond donors (Lipinski definition) is 2. The zero-order chi connectivity index (χ0) is 10.8. The molecule has 82 valence electrons. The highest BCUT2D eigenvalue weighted by molar-refractivity contribution is 7.99. The number of carboxylic acid groups (broad SMARTS) is 1. The molecule has 0 bridgehead atoms. The first kappa shape index (κ1) is 13.2. The molecular weight excluding hydrogens is 206 g/mol. The lowest BCUT2D eigenvalue weighted by molar-refractivity contribution is -0.140. The van der Waals surface area contributed by atoms with Gasteiger partial charge in [0.15, 0.2) is 0 Å². The molecule has 0 saturated heterocycles. The summed E-state index contributed by atoms with van der Waals surface area (Å²) in [6.45, 7) is 2.55. The SMILES string of the molecule is CCOCSCCC(NC=O)C(=O)O. The van der Waals surface area contributed by atoms with Gasteiger partial charge >= 0.3 is 5.97 Å². The largest absolute Gasteiger partial charge is 0.480 e.